The molecule has 1 aromatic rings. The van der Waals surface area contributed by atoms with Crippen molar-refractivity contribution in [3.8, 4) is 0 Å². The van der Waals surface area contributed by atoms with Crippen LogP contribution in [-0.2, 0) is 9.53 Å². The van der Waals surface area contributed by atoms with Gasteiger partial charge < -0.3 is 4.74 Å². The molecule has 0 bridgehead atoms. The lowest BCUT2D eigenvalue weighted by Gasteiger charge is -2.21. The van der Waals surface area contributed by atoms with Crippen molar-refractivity contribution >= 4 is 11.8 Å². The second-order valence-corrected chi connectivity index (χ2v) is 5.76. The number of hydrogen-bond acceptors (Lipinski definition) is 4. The third-order valence-corrected chi connectivity index (χ3v) is 2.52. The number of esters is 1. The largest absolute Gasteiger partial charge is 0.459 e. The highest BCUT2D eigenvalue weighted by atomic mass is 16.6. The average Bonchev–Trinajstić information content (AvgIpc) is 2.23. The summed E-state index contributed by atoms with van der Waals surface area (Å²) in [5, 5.41) is 0. The molecule has 1 aromatic heterocycles. The number of Topliss-reactive ketones (excluding diaryl/α,β-unsaturated/α-hetero) is 1. The van der Waals surface area contributed by atoms with Crippen LogP contribution >= 0.6 is 0 Å². The van der Waals surface area contributed by atoms with Gasteiger partial charge in [0.2, 0.25) is 0 Å². The Kier molecular flexibility index (Phi) is 4.45. The van der Waals surface area contributed by atoms with Gasteiger partial charge in [-0.05, 0) is 53.7 Å². The number of aryl methyl sites for hydroxylation is 2. The zero-order valence-corrected chi connectivity index (χ0v) is 12.4. The Balaban J connectivity index is 2.90. The molecule has 0 aliphatic carbocycles. The maximum Gasteiger partial charge on any atom is 0.317 e. The van der Waals surface area contributed by atoms with Crippen LogP contribution in [-0.4, -0.2) is 22.3 Å². The number of aromatic nitrogens is 1. The molecule has 1 heterocycles. The monoisotopic (exact) mass is 263 g/mol. The minimum absolute atomic E-state index is 0.233. The Morgan fingerprint density at radius 2 is 1.63 bits per heavy atom. The van der Waals surface area contributed by atoms with Crippen molar-refractivity contribution in [2.45, 2.75) is 47.1 Å². The van der Waals surface area contributed by atoms with Crippen LogP contribution < -0.4 is 0 Å². The maximum absolute atomic E-state index is 12.2. The predicted octanol–water partition coefficient (Wildman–Crippen LogP) is 2.86. The van der Waals surface area contributed by atoms with Crippen LogP contribution in [0.5, 0.6) is 0 Å². The third-order valence-electron chi connectivity index (χ3n) is 2.52. The summed E-state index contributed by atoms with van der Waals surface area (Å²) in [6, 6.07) is 3.38. The Morgan fingerprint density at radius 3 is 2.05 bits per heavy atom. The van der Waals surface area contributed by atoms with Gasteiger partial charge in [0.05, 0.1) is 0 Å². The number of pyridine rings is 1. The van der Waals surface area contributed by atoms with E-state index in [9.17, 15) is 9.59 Å². The molecule has 0 saturated carbocycles. The summed E-state index contributed by atoms with van der Waals surface area (Å²) in [4.78, 5) is 28.3. The third kappa shape index (κ3) is 4.47. The quantitative estimate of drug-likeness (QED) is 0.478. The van der Waals surface area contributed by atoms with Crippen molar-refractivity contribution in [1.82, 2.24) is 4.98 Å². The SMILES string of the molecule is Cc1cc(C(=O)C(C)C(=O)OC(C)(C)C)cc(C)n1. The molecule has 0 fully saturated rings. The lowest BCUT2D eigenvalue weighted by atomic mass is 9.98. The molecule has 0 saturated heterocycles. The number of carbonyl (C=O) groups excluding carboxylic acids is 2. The normalized spacial score (nSPS) is 12.9. The van der Waals surface area contributed by atoms with Crippen molar-refractivity contribution in [2.24, 2.45) is 5.92 Å². The van der Waals surface area contributed by atoms with E-state index in [0.717, 1.165) is 11.4 Å². The molecule has 0 aromatic carbocycles. The molecule has 0 amide bonds. The number of carbonyl (C=O) groups is 2. The van der Waals surface area contributed by atoms with Gasteiger partial charge in [0.25, 0.3) is 0 Å². The zero-order valence-electron chi connectivity index (χ0n) is 12.4. The van der Waals surface area contributed by atoms with Crippen molar-refractivity contribution in [3.63, 3.8) is 0 Å². The first kappa shape index (κ1) is 15.3. The smallest absolute Gasteiger partial charge is 0.317 e. The van der Waals surface area contributed by atoms with E-state index in [0.29, 0.717) is 5.56 Å². The molecule has 0 aliphatic heterocycles. The van der Waals surface area contributed by atoms with Crippen LogP contribution in [0.3, 0.4) is 0 Å². The molecular formula is C15H21NO3. The fourth-order valence-corrected chi connectivity index (χ4v) is 1.72. The maximum atomic E-state index is 12.2. The summed E-state index contributed by atoms with van der Waals surface area (Å²) >= 11 is 0. The van der Waals surface area contributed by atoms with Gasteiger partial charge in [0.15, 0.2) is 5.78 Å². The van der Waals surface area contributed by atoms with Gasteiger partial charge in [-0.2, -0.15) is 0 Å². The molecule has 19 heavy (non-hydrogen) atoms. The second kappa shape index (κ2) is 5.51. The summed E-state index contributed by atoms with van der Waals surface area (Å²) in [6.07, 6.45) is 0. The van der Waals surface area contributed by atoms with E-state index in [1.165, 1.54) is 0 Å². The van der Waals surface area contributed by atoms with E-state index >= 15 is 0 Å². The van der Waals surface area contributed by atoms with Gasteiger partial charge in [0, 0.05) is 17.0 Å². The van der Waals surface area contributed by atoms with E-state index in [2.05, 4.69) is 4.98 Å². The van der Waals surface area contributed by atoms with Gasteiger partial charge in [-0.3, -0.25) is 14.6 Å². The van der Waals surface area contributed by atoms with Gasteiger partial charge in [-0.25, -0.2) is 0 Å². The van der Waals surface area contributed by atoms with E-state index < -0.39 is 17.5 Å². The summed E-state index contributed by atoms with van der Waals surface area (Å²) in [6.45, 7) is 10.6. The minimum atomic E-state index is -0.805. The van der Waals surface area contributed by atoms with Gasteiger partial charge >= 0.3 is 5.97 Å². The molecular weight excluding hydrogens is 242 g/mol. The molecule has 4 heteroatoms. The Bertz CT molecular complexity index is 480. The van der Waals surface area contributed by atoms with Crippen LogP contribution in [0.2, 0.25) is 0 Å². The number of ether oxygens (including phenoxy) is 1. The summed E-state index contributed by atoms with van der Waals surface area (Å²) in [7, 11) is 0. The predicted molar refractivity (Wildman–Crippen MR) is 73.1 cm³/mol. The standard InChI is InChI=1S/C15H21NO3/c1-9-7-12(8-10(2)16-9)13(17)11(3)14(18)19-15(4,5)6/h7-8,11H,1-6H3. The highest BCUT2D eigenvalue weighted by Crippen LogP contribution is 2.16. The number of nitrogens with zero attached hydrogens (tertiary/aromatic N) is 1. The van der Waals surface area contributed by atoms with E-state index in [4.69, 9.17) is 4.74 Å². The van der Waals surface area contributed by atoms with Crippen LogP contribution in [0.15, 0.2) is 12.1 Å². The molecule has 0 aliphatic rings. The average molecular weight is 263 g/mol. The summed E-state index contributed by atoms with van der Waals surface area (Å²) in [5.74, 6) is -1.53. The zero-order chi connectivity index (χ0) is 14.8. The van der Waals surface area contributed by atoms with E-state index in [1.54, 1.807) is 39.8 Å². The van der Waals surface area contributed by atoms with Crippen molar-refractivity contribution in [1.29, 1.82) is 0 Å². The first-order valence-corrected chi connectivity index (χ1v) is 6.32. The van der Waals surface area contributed by atoms with Gasteiger partial charge in [0.1, 0.15) is 11.5 Å². The molecule has 1 rings (SSSR count). The summed E-state index contributed by atoms with van der Waals surface area (Å²) < 4.78 is 5.23. The van der Waals surface area contributed by atoms with E-state index in [1.807, 2.05) is 13.8 Å². The molecule has 104 valence electrons. The lowest BCUT2D eigenvalue weighted by Crippen LogP contribution is -2.31. The Labute approximate surface area is 114 Å². The molecule has 0 spiro atoms. The van der Waals surface area contributed by atoms with Crippen molar-refractivity contribution in [2.75, 3.05) is 0 Å². The molecule has 0 N–H and O–H groups in total. The Morgan fingerprint density at radius 1 is 1.16 bits per heavy atom. The highest BCUT2D eigenvalue weighted by molar-refractivity contribution is 6.08. The molecule has 1 atom stereocenters. The van der Waals surface area contributed by atoms with Crippen LogP contribution in [0.25, 0.3) is 0 Å². The van der Waals surface area contributed by atoms with Crippen LogP contribution in [0.1, 0.15) is 49.4 Å². The summed E-state index contributed by atoms with van der Waals surface area (Å²) in [5.41, 5.74) is 1.44. The molecule has 0 radical (unpaired) electrons. The molecule has 4 nitrogen and oxygen atoms in total. The van der Waals surface area contributed by atoms with Crippen LogP contribution in [0.4, 0.5) is 0 Å². The topological polar surface area (TPSA) is 56.3 Å². The highest BCUT2D eigenvalue weighted by Gasteiger charge is 2.28. The number of hydrogen-bond donors (Lipinski definition) is 0. The second-order valence-electron chi connectivity index (χ2n) is 5.76. The van der Waals surface area contributed by atoms with E-state index in [-0.39, 0.29) is 5.78 Å². The molecule has 1 unspecified atom stereocenters. The van der Waals surface area contributed by atoms with Gasteiger partial charge in [-0.1, -0.05) is 0 Å². The van der Waals surface area contributed by atoms with Crippen molar-refractivity contribution < 1.29 is 14.3 Å². The van der Waals surface area contributed by atoms with Gasteiger partial charge in [-0.15, -0.1) is 0 Å². The fourth-order valence-electron chi connectivity index (χ4n) is 1.72. The van der Waals surface area contributed by atoms with Crippen molar-refractivity contribution in [3.05, 3.63) is 29.1 Å². The Hall–Kier alpha value is -1.71. The number of rotatable bonds is 3. The minimum Gasteiger partial charge on any atom is -0.459 e. The first-order valence-electron chi connectivity index (χ1n) is 6.32. The van der Waals surface area contributed by atoms with Crippen LogP contribution in [0, 0.1) is 19.8 Å². The number of ketones is 1. The fraction of sp³-hybridized carbons (Fsp3) is 0.533. The lowest BCUT2D eigenvalue weighted by molar-refractivity contribution is -0.157. The first-order chi connectivity index (χ1) is 8.60.